The smallest absolute Gasteiger partial charge is 0.0536 e. The second kappa shape index (κ2) is 6.87. The van der Waals surface area contributed by atoms with Crippen LogP contribution in [-0.2, 0) is 4.74 Å². The molecule has 0 amide bonds. The fraction of sp³-hybridized carbons (Fsp3) is 0.875. The molecule has 3 atom stereocenters. The first-order chi connectivity index (χ1) is 9.17. The summed E-state index contributed by atoms with van der Waals surface area (Å²) < 4.78 is 5.54. The van der Waals surface area contributed by atoms with Crippen LogP contribution in [0.2, 0.25) is 0 Å². The number of aliphatic hydroxyl groups excluding tert-OH is 1. The van der Waals surface area contributed by atoms with Crippen LogP contribution in [0.15, 0.2) is 11.6 Å². The topological polar surface area (TPSA) is 41.5 Å². The molecule has 2 rings (SSSR count). The summed E-state index contributed by atoms with van der Waals surface area (Å²) in [5.74, 6) is 1.47. The molecule has 0 aromatic carbocycles. The molecule has 0 unspecified atom stereocenters. The monoisotopic (exact) mass is 267 g/mol. The molecule has 3 heteroatoms. The van der Waals surface area contributed by atoms with Crippen molar-refractivity contribution in [3.63, 3.8) is 0 Å². The Labute approximate surface area is 117 Å². The predicted molar refractivity (Wildman–Crippen MR) is 78.1 cm³/mol. The molecular weight excluding hydrogens is 238 g/mol. The Balaban J connectivity index is 1.81. The van der Waals surface area contributed by atoms with Crippen LogP contribution in [0.5, 0.6) is 0 Å². The molecule has 0 saturated carbocycles. The Bertz CT molecular complexity index is 308. The minimum absolute atomic E-state index is 0.171. The van der Waals surface area contributed by atoms with Gasteiger partial charge in [-0.2, -0.15) is 0 Å². The summed E-state index contributed by atoms with van der Waals surface area (Å²) >= 11 is 0. The van der Waals surface area contributed by atoms with Crippen molar-refractivity contribution in [1.82, 2.24) is 5.32 Å². The van der Waals surface area contributed by atoms with Gasteiger partial charge in [-0.05, 0) is 44.4 Å². The first kappa shape index (κ1) is 15.0. The Kier molecular flexibility index (Phi) is 5.43. The minimum atomic E-state index is 0.171. The van der Waals surface area contributed by atoms with Gasteiger partial charge in [0, 0.05) is 31.7 Å². The van der Waals surface area contributed by atoms with Crippen molar-refractivity contribution in [1.29, 1.82) is 0 Å². The van der Waals surface area contributed by atoms with Gasteiger partial charge >= 0.3 is 0 Å². The van der Waals surface area contributed by atoms with E-state index in [4.69, 9.17) is 4.74 Å². The molecule has 3 nitrogen and oxygen atoms in total. The van der Waals surface area contributed by atoms with E-state index in [2.05, 4.69) is 25.2 Å². The van der Waals surface area contributed by atoms with Crippen LogP contribution in [0.4, 0.5) is 0 Å². The molecule has 0 spiro atoms. The quantitative estimate of drug-likeness (QED) is 0.726. The van der Waals surface area contributed by atoms with Crippen molar-refractivity contribution in [3.05, 3.63) is 11.6 Å². The highest BCUT2D eigenvalue weighted by atomic mass is 16.5. The van der Waals surface area contributed by atoms with Gasteiger partial charge in [0.15, 0.2) is 0 Å². The van der Waals surface area contributed by atoms with Gasteiger partial charge < -0.3 is 15.2 Å². The molecule has 1 aliphatic heterocycles. The van der Waals surface area contributed by atoms with E-state index in [0.29, 0.717) is 5.92 Å². The van der Waals surface area contributed by atoms with Crippen LogP contribution in [0.25, 0.3) is 0 Å². The summed E-state index contributed by atoms with van der Waals surface area (Å²) in [5.41, 5.74) is 1.72. The number of rotatable bonds is 6. The third-order valence-corrected chi connectivity index (χ3v) is 5.05. The second-order valence-corrected chi connectivity index (χ2v) is 6.52. The standard InChI is InChI=1S/C16H29NO2/c1-13-4-3-5-14(2)15(13)10-17-11-16(6-8-18)7-9-19-12-16/h4,14-15,17-18H,3,5-12H2,1-2H3/t14-,15-,16+/m0/s1. The molecular formula is C16H29NO2. The Morgan fingerprint density at radius 3 is 3.00 bits per heavy atom. The number of hydrogen-bond acceptors (Lipinski definition) is 3. The fourth-order valence-corrected chi connectivity index (χ4v) is 3.54. The molecule has 1 heterocycles. The summed E-state index contributed by atoms with van der Waals surface area (Å²) in [4.78, 5) is 0. The van der Waals surface area contributed by atoms with Gasteiger partial charge in [-0.1, -0.05) is 18.6 Å². The zero-order chi connectivity index (χ0) is 13.7. The van der Waals surface area contributed by atoms with E-state index < -0.39 is 0 Å². The van der Waals surface area contributed by atoms with Gasteiger partial charge in [0.1, 0.15) is 0 Å². The lowest BCUT2D eigenvalue weighted by Gasteiger charge is -2.32. The number of hydrogen-bond donors (Lipinski definition) is 2. The summed E-state index contributed by atoms with van der Waals surface area (Å²) in [6, 6.07) is 0. The molecule has 0 radical (unpaired) electrons. The number of ether oxygens (including phenoxy) is 1. The van der Waals surface area contributed by atoms with Gasteiger partial charge in [0.25, 0.3) is 0 Å². The maximum atomic E-state index is 9.23. The van der Waals surface area contributed by atoms with Gasteiger partial charge in [0.2, 0.25) is 0 Å². The van der Waals surface area contributed by atoms with Crippen molar-refractivity contribution < 1.29 is 9.84 Å². The average Bonchev–Trinajstić information content (AvgIpc) is 2.82. The van der Waals surface area contributed by atoms with Crippen LogP contribution in [-0.4, -0.2) is 38.0 Å². The van der Waals surface area contributed by atoms with E-state index >= 15 is 0 Å². The number of allylic oxidation sites excluding steroid dienone is 1. The Hall–Kier alpha value is -0.380. The summed E-state index contributed by atoms with van der Waals surface area (Å²) in [6.45, 7) is 8.59. The van der Waals surface area contributed by atoms with E-state index in [1.807, 2.05) is 0 Å². The summed E-state index contributed by atoms with van der Waals surface area (Å²) in [7, 11) is 0. The van der Waals surface area contributed by atoms with Crippen molar-refractivity contribution >= 4 is 0 Å². The second-order valence-electron chi connectivity index (χ2n) is 6.52. The number of aliphatic hydroxyl groups is 1. The fourth-order valence-electron chi connectivity index (χ4n) is 3.54. The van der Waals surface area contributed by atoms with Crippen LogP contribution in [0.1, 0.15) is 39.5 Å². The highest BCUT2D eigenvalue weighted by Crippen LogP contribution is 2.33. The molecule has 0 bridgehead atoms. The van der Waals surface area contributed by atoms with Gasteiger partial charge in [-0.25, -0.2) is 0 Å². The first-order valence-corrected chi connectivity index (χ1v) is 7.73. The molecule has 0 aromatic heterocycles. The largest absolute Gasteiger partial charge is 0.396 e. The summed E-state index contributed by atoms with van der Waals surface area (Å²) in [5, 5.41) is 12.9. The first-order valence-electron chi connectivity index (χ1n) is 7.73. The third-order valence-electron chi connectivity index (χ3n) is 5.05. The van der Waals surface area contributed by atoms with Crippen molar-refractivity contribution in [2.75, 3.05) is 32.9 Å². The molecule has 1 fully saturated rings. The van der Waals surface area contributed by atoms with Crippen LogP contribution < -0.4 is 5.32 Å². The minimum Gasteiger partial charge on any atom is -0.396 e. The lowest BCUT2D eigenvalue weighted by molar-refractivity contribution is 0.123. The van der Waals surface area contributed by atoms with Crippen LogP contribution in [0.3, 0.4) is 0 Å². The van der Waals surface area contributed by atoms with Crippen LogP contribution >= 0.6 is 0 Å². The van der Waals surface area contributed by atoms with Gasteiger partial charge in [-0.3, -0.25) is 0 Å². The SMILES string of the molecule is CC1=CCC[C@H](C)[C@H]1CNC[C@@]1(CCO)CCOC1. The summed E-state index contributed by atoms with van der Waals surface area (Å²) in [6.07, 6.45) is 6.89. The average molecular weight is 267 g/mol. The normalized spacial score (nSPS) is 35.4. The molecule has 1 aliphatic carbocycles. The molecule has 2 N–H and O–H groups in total. The van der Waals surface area contributed by atoms with E-state index in [-0.39, 0.29) is 12.0 Å². The lowest BCUT2D eigenvalue weighted by atomic mass is 9.79. The highest BCUT2D eigenvalue weighted by Gasteiger charge is 2.34. The Morgan fingerprint density at radius 2 is 2.37 bits per heavy atom. The van der Waals surface area contributed by atoms with E-state index in [9.17, 15) is 5.11 Å². The van der Waals surface area contributed by atoms with Crippen molar-refractivity contribution in [3.8, 4) is 0 Å². The molecule has 1 saturated heterocycles. The zero-order valence-electron chi connectivity index (χ0n) is 12.5. The molecule has 19 heavy (non-hydrogen) atoms. The van der Waals surface area contributed by atoms with Crippen molar-refractivity contribution in [2.45, 2.75) is 39.5 Å². The van der Waals surface area contributed by atoms with Crippen molar-refractivity contribution in [2.24, 2.45) is 17.3 Å². The van der Waals surface area contributed by atoms with Gasteiger partial charge in [0.05, 0.1) is 6.61 Å². The lowest BCUT2D eigenvalue weighted by Crippen LogP contribution is -2.39. The zero-order valence-corrected chi connectivity index (χ0v) is 12.5. The Morgan fingerprint density at radius 1 is 1.53 bits per heavy atom. The van der Waals surface area contributed by atoms with E-state index in [1.54, 1.807) is 5.57 Å². The molecule has 2 aliphatic rings. The van der Waals surface area contributed by atoms with E-state index in [1.165, 1.54) is 12.8 Å². The molecule has 0 aromatic rings. The number of nitrogens with one attached hydrogen (secondary N) is 1. The maximum absolute atomic E-state index is 9.23. The van der Waals surface area contributed by atoms with Gasteiger partial charge in [-0.15, -0.1) is 0 Å². The van der Waals surface area contributed by atoms with E-state index in [0.717, 1.165) is 45.1 Å². The maximum Gasteiger partial charge on any atom is 0.0536 e. The third kappa shape index (κ3) is 3.80. The van der Waals surface area contributed by atoms with Crippen LogP contribution in [0, 0.1) is 17.3 Å². The highest BCUT2D eigenvalue weighted by molar-refractivity contribution is 5.09. The molecule has 110 valence electrons. The predicted octanol–water partition coefficient (Wildman–Crippen LogP) is 2.36.